The SMILES string of the molecule is CC(C)(C)S(=O)(=O)CCN=C(N)N1CCN(c2ccc(Cl)cc2)CC1.I. The van der Waals surface area contributed by atoms with Gasteiger partial charge in [-0.25, -0.2) is 8.42 Å². The predicted octanol–water partition coefficient (Wildman–Crippen LogP) is 2.61. The van der Waals surface area contributed by atoms with Gasteiger partial charge in [0.25, 0.3) is 0 Å². The normalized spacial score (nSPS) is 16.4. The smallest absolute Gasteiger partial charge is 0.191 e. The molecule has 0 radical (unpaired) electrons. The monoisotopic (exact) mass is 514 g/mol. The average molecular weight is 515 g/mol. The van der Waals surface area contributed by atoms with Crippen molar-refractivity contribution in [3.63, 3.8) is 0 Å². The first-order valence-electron chi connectivity index (χ1n) is 8.38. The lowest BCUT2D eigenvalue weighted by molar-refractivity contribution is 0.381. The number of hydrogen-bond donors (Lipinski definition) is 1. The summed E-state index contributed by atoms with van der Waals surface area (Å²) in [6.07, 6.45) is 0. The number of anilines is 1. The Morgan fingerprint density at radius 3 is 2.19 bits per heavy atom. The van der Waals surface area contributed by atoms with Gasteiger partial charge in [-0.15, -0.1) is 24.0 Å². The lowest BCUT2D eigenvalue weighted by Gasteiger charge is -2.36. The van der Waals surface area contributed by atoms with Gasteiger partial charge in [0.1, 0.15) is 0 Å². The van der Waals surface area contributed by atoms with E-state index in [4.69, 9.17) is 17.3 Å². The zero-order valence-electron chi connectivity index (χ0n) is 15.5. The summed E-state index contributed by atoms with van der Waals surface area (Å²) in [5, 5.41) is 0.726. The van der Waals surface area contributed by atoms with Gasteiger partial charge in [0, 0.05) is 36.9 Å². The molecule has 26 heavy (non-hydrogen) atoms. The van der Waals surface area contributed by atoms with Gasteiger partial charge < -0.3 is 15.5 Å². The molecule has 9 heteroatoms. The topological polar surface area (TPSA) is 79.0 Å². The summed E-state index contributed by atoms with van der Waals surface area (Å²) in [5.41, 5.74) is 7.17. The summed E-state index contributed by atoms with van der Waals surface area (Å²) in [6, 6.07) is 7.78. The molecule has 0 atom stereocenters. The van der Waals surface area contributed by atoms with Gasteiger partial charge in [-0.3, -0.25) is 4.99 Å². The number of sulfone groups is 1. The number of nitrogens with two attached hydrogens (primary N) is 1. The van der Waals surface area contributed by atoms with Gasteiger partial charge in [0.15, 0.2) is 15.8 Å². The van der Waals surface area contributed by atoms with Crippen molar-refractivity contribution in [3.8, 4) is 0 Å². The maximum atomic E-state index is 12.1. The fraction of sp³-hybridized carbons (Fsp3) is 0.588. The molecule has 0 spiro atoms. The largest absolute Gasteiger partial charge is 0.370 e. The first kappa shape index (κ1) is 23.3. The van der Waals surface area contributed by atoms with Gasteiger partial charge >= 0.3 is 0 Å². The molecular weight excluding hydrogens is 487 g/mol. The zero-order chi connectivity index (χ0) is 18.7. The molecule has 1 fully saturated rings. The van der Waals surface area contributed by atoms with Crippen LogP contribution in [-0.4, -0.2) is 62.5 Å². The van der Waals surface area contributed by atoms with Crippen LogP contribution in [0.5, 0.6) is 0 Å². The van der Waals surface area contributed by atoms with Crippen LogP contribution in [-0.2, 0) is 9.84 Å². The van der Waals surface area contributed by atoms with Crippen LogP contribution in [0.15, 0.2) is 29.3 Å². The highest BCUT2D eigenvalue weighted by Gasteiger charge is 2.28. The van der Waals surface area contributed by atoms with Gasteiger partial charge in [-0.2, -0.15) is 0 Å². The second kappa shape index (κ2) is 9.45. The molecule has 2 N–H and O–H groups in total. The lowest BCUT2D eigenvalue weighted by Crippen LogP contribution is -2.51. The number of aliphatic imine (C=N–C) groups is 1. The lowest BCUT2D eigenvalue weighted by atomic mass is 10.2. The van der Waals surface area contributed by atoms with E-state index < -0.39 is 14.6 Å². The van der Waals surface area contributed by atoms with Crippen molar-refractivity contribution in [1.29, 1.82) is 0 Å². The van der Waals surface area contributed by atoms with Crippen LogP contribution in [0, 0.1) is 0 Å². The minimum atomic E-state index is -3.17. The van der Waals surface area contributed by atoms with E-state index in [1.54, 1.807) is 20.8 Å². The molecule has 0 bridgehead atoms. The predicted molar refractivity (Wildman–Crippen MR) is 121 cm³/mol. The molecular formula is C17H28ClIN4O2S. The summed E-state index contributed by atoms with van der Waals surface area (Å²) >= 11 is 5.92. The minimum Gasteiger partial charge on any atom is -0.370 e. The van der Waals surface area contributed by atoms with E-state index in [-0.39, 0.29) is 36.3 Å². The van der Waals surface area contributed by atoms with E-state index in [9.17, 15) is 8.42 Å². The molecule has 1 aromatic carbocycles. The molecule has 6 nitrogen and oxygen atoms in total. The van der Waals surface area contributed by atoms with E-state index in [1.807, 2.05) is 29.2 Å². The Morgan fingerprint density at radius 1 is 1.15 bits per heavy atom. The van der Waals surface area contributed by atoms with Gasteiger partial charge in [0.2, 0.25) is 0 Å². The molecule has 1 heterocycles. The van der Waals surface area contributed by atoms with Crippen molar-refractivity contribution >= 4 is 57.1 Å². The molecule has 148 valence electrons. The third kappa shape index (κ3) is 6.16. The Balaban J connectivity index is 0.00000338. The number of rotatable bonds is 4. The number of guanidine groups is 1. The second-order valence-corrected chi connectivity index (χ2v) is 10.4. The minimum absolute atomic E-state index is 0. The fourth-order valence-electron chi connectivity index (χ4n) is 2.53. The van der Waals surface area contributed by atoms with E-state index in [0.717, 1.165) is 36.9 Å². The number of piperazine rings is 1. The Labute approximate surface area is 178 Å². The van der Waals surface area contributed by atoms with Crippen molar-refractivity contribution in [2.45, 2.75) is 25.5 Å². The Morgan fingerprint density at radius 2 is 1.69 bits per heavy atom. The summed E-state index contributed by atoms with van der Waals surface area (Å²) < 4.78 is 23.4. The van der Waals surface area contributed by atoms with Crippen LogP contribution in [0.2, 0.25) is 5.02 Å². The van der Waals surface area contributed by atoms with Crippen LogP contribution >= 0.6 is 35.6 Å². The van der Waals surface area contributed by atoms with Gasteiger partial charge in [0.05, 0.1) is 17.0 Å². The third-order valence-electron chi connectivity index (χ3n) is 4.36. The van der Waals surface area contributed by atoms with Gasteiger partial charge in [-0.05, 0) is 45.0 Å². The van der Waals surface area contributed by atoms with Crippen molar-refractivity contribution < 1.29 is 8.42 Å². The number of nitrogens with zero attached hydrogens (tertiary/aromatic N) is 3. The maximum Gasteiger partial charge on any atom is 0.191 e. The Kier molecular flexibility index (Phi) is 8.47. The molecule has 1 aliphatic heterocycles. The quantitative estimate of drug-likeness (QED) is 0.380. The maximum absolute atomic E-state index is 12.1. The van der Waals surface area contributed by atoms with Crippen molar-refractivity contribution in [3.05, 3.63) is 29.3 Å². The van der Waals surface area contributed by atoms with Gasteiger partial charge in [-0.1, -0.05) is 11.6 Å². The summed E-state index contributed by atoms with van der Waals surface area (Å²) in [4.78, 5) is 8.53. The summed E-state index contributed by atoms with van der Waals surface area (Å²) in [6.45, 7) is 8.47. The first-order valence-corrected chi connectivity index (χ1v) is 10.4. The molecule has 0 saturated carbocycles. The average Bonchev–Trinajstić information content (AvgIpc) is 2.54. The van der Waals surface area contributed by atoms with Crippen LogP contribution in [0.25, 0.3) is 0 Å². The second-order valence-electron chi connectivity index (χ2n) is 7.12. The number of halogens is 2. The molecule has 1 aliphatic rings. The van der Waals surface area contributed by atoms with Crippen molar-refractivity contribution in [2.24, 2.45) is 10.7 Å². The number of benzene rings is 1. The van der Waals surface area contributed by atoms with Crippen molar-refractivity contribution in [1.82, 2.24) is 4.90 Å². The molecule has 0 unspecified atom stereocenters. The zero-order valence-corrected chi connectivity index (χ0v) is 19.4. The number of hydrogen-bond acceptors (Lipinski definition) is 4. The van der Waals surface area contributed by atoms with Crippen molar-refractivity contribution in [2.75, 3.05) is 43.4 Å². The molecule has 0 amide bonds. The summed E-state index contributed by atoms with van der Waals surface area (Å²) in [5.74, 6) is 0.432. The van der Waals surface area contributed by atoms with E-state index in [0.29, 0.717) is 5.96 Å². The Bertz CT molecular complexity index is 709. The summed E-state index contributed by atoms with van der Waals surface area (Å²) in [7, 11) is -3.17. The molecule has 0 aliphatic carbocycles. The van der Waals surface area contributed by atoms with Crippen LogP contribution in [0.4, 0.5) is 5.69 Å². The first-order chi connectivity index (χ1) is 11.6. The van der Waals surface area contributed by atoms with E-state index in [2.05, 4.69) is 9.89 Å². The molecule has 1 aromatic rings. The van der Waals surface area contributed by atoms with Crippen LogP contribution in [0.1, 0.15) is 20.8 Å². The van der Waals surface area contributed by atoms with Crippen LogP contribution < -0.4 is 10.6 Å². The highest BCUT2D eigenvalue weighted by Crippen LogP contribution is 2.19. The van der Waals surface area contributed by atoms with Crippen LogP contribution in [0.3, 0.4) is 0 Å². The highest BCUT2D eigenvalue weighted by atomic mass is 127. The fourth-order valence-corrected chi connectivity index (χ4v) is 3.60. The molecule has 1 saturated heterocycles. The standard InChI is InChI=1S/C17H27ClN4O2S.HI/c1-17(2,3)25(23,24)13-8-20-16(19)22-11-9-21(10-12-22)15-6-4-14(18)5-7-15;/h4-7H,8-13H2,1-3H3,(H2,19,20);1H. The van der Waals surface area contributed by atoms with E-state index >= 15 is 0 Å². The molecule has 0 aromatic heterocycles. The molecule has 2 rings (SSSR count). The third-order valence-corrected chi connectivity index (χ3v) is 7.20. The highest BCUT2D eigenvalue weighted by molar-refractivity contribution is 14.0. The Hall–Kier alpha value is -0.740. The van der Waals surface area contributed by atoms with E-state index in [1.165, 1.54) is 0 Å².